The lowest BCUT2D eigenvalue weighted by Crippen LogP contribution is -1.91. The fraction of sp³-hybridized carbons (Fsp3) is 0.875. The molecule has 0 aromatic rings. The third-order valence-electron chi connectivity index (χ3n) is 1.29. The number of carbonyl (C=O) groups excluding carboxylic acids is 1. The van der Waals surface area contributed by atoms with Crippen LogP contribution in [0.25, 0.3) is 0 Å². The molecule has 0 bridgehead atoms. The largest absolute Gasteiger partial charge is 0.287 e. The molecule has 0 aliphatic rings. The maximum atomic E-state index is 10.9. The molecule has 0 aromatic heterocycles. The van der Waals surface area contributed by atoms with Crippen molar-refractivity contribution in [2.45, 2.75) is 39.5 Å². The molecule has 0 saturated heterocycles. The Hall–Kier alpha value is 0.0200. The third-order valence-corrected chi connectivity index (χ3v) is 2.10. The first-order valence-electron chi connectivity index (χ1n) is 3.96. The van der Waals surface area contributed by atoms with E-state index in [1.807, 2.05) is 6.92 Å². The summed E-state index contributed by atoms with van der Waals surface area (Å²) < 4.78 is 0. The van der Waals surface area contributed by atoms with Gasteiger partial charge in [-0.2, -0.15) is 0 Å². The van der Waals surface area contributed by atoms with Crippen molar-refractivity contribution in [2.75, 3.05) is 5.75 Å². The van der Waals surface area contributed by atoms with E-state index in [0.717, 1.165) is 18.6 Å². The maximum absolute atomic E-state index is 10.9. The summed E-state index contributed by atoms with van der Waals surface area (Å²) in [6.07, 6.45) is 4.23. The van der Waals surface area contributed by atoms with Gasteiger partial charge in [0, 0.05) is 6.42 Å². The van der Waals surface area contributed by atoms with Crippen LogP contribution in [0.2, 0.25) is 0 Å². The molecule has 0 saturated carbocycles. The number of hydrogen-bond acceptors (Lipinski definition) is 2. The Morgan fingerprint density at radius 1 is 1.30 bits per heavy atom. The molecule has 0 fully saturated rings. The number of unbranched alkanes of at least 4 members (excludes halogenated alkanes) is 2. The van der Waals surface area contributed by atoms with Gasteiger partial charge in [-0.1, -0.05) is 38.5 Å². The van der Waals surface area contributed by atoms with Gasteiger partial charge in [-0.3, -0.25) is 4.79 Å². The van der Waals surface area contributed by atoms with Crippen LogP contribution in [-0.4, -0.2) is 10.9 Å². The molecule has 0 heterocycles. The molecule has 2 heteroatoms. The van der Waals surface area contributed by atoms with Crippen LogP contribution >= 0.6 is 11.8 Å². The van der Waals surface area contributed by atoms with E-state index in [2.05, 4.69) is 6.92 Å². The number of hydrogen-bond donors (Lipinski definition) is 0. The molecular formula is C8H16OS. The van der Waals surface area contributed by atoms with Crippen molar-refractivity contribution in [1.82, 2.24) is 0 Å². The Balaban J connectivity index is 3.05. The minimum absolute atomic E-state index is 0.357. The second kappa shape index (κ2) is 7.13. The summed E-state index contributed by atoms with van der Waals surface area (Å²) in [7, 11) is 0. The van der Waals surface area contributed by atoms with Gasteiger partial charge in [-0.05, 0) is 12.2 Å². The number of rotatable bonds is 5. The fourth-order valence-electron chi connectivity index (χ4n) is 0.752. The van der Waals surface area contributed by atoms with Crippen molar-refractivity contribution in [3.05, 3.63) is 0 Å². The maximum Gasteiger partial charge on any atom is 0.188 e. The van der Waals surface area contributed by atoms with Crippen molar-refractivity contribution in [3.63, 3.8) is 0 Å². The zero-order chi connectivity index (χ0) is 7.82. The van der Waals surface area contributed by atoms with Gasteiger partial charge in [0.1, 0.15) is 0 Å². The first-order valence-corrected chi connectivity index (χ1v) is 4.95. The normalized spacial score (nSPS) is 9.80. The highest BCUT2D eigenvalue weighted by Crippen LogP contribution is 2.08. The average Bonchev–Trinajstić information content (AvgIpc) is 1.89. The summed E-state index contributed by atoms with van der Waals surface area (Å²) in [6, 6.07) is 0. The van der Waals surface area contributed by atoms with Crippen LogP contribution in [0.15, 0.2) is 0 Å². The molecule has 0 amide bonds. The Labute approximate surface area is 67.6 Å². The van der Waals surface area contributed by atoms with Crippen LogP contribution in [0.3, 0.4) is 0 Å². The molecule has 0 aliphatic carbocycles. The molecule has 0 aromatic carbocycles. The predicted octanol–water partition coefficient (Wildman–Crippen LogP) is 2.85. The van der Waals surface area contributed by atoms with Crippen LogP contribution in [0, 0.1) is 0 Å². The third kappa shape index (κ3) is 6.14. The van der Waals surface area contributed by atoms with E-state index in [9.17, 15) is 4.79 Å². The molecule has 0 spiro atoms. The van der Waals surface area contributed by atoms with Crippen molar-refractivity contribution >= 4 is 16.9 Å². The minimum Gasteiger partial charge on any atom is -0.287 e. The van der Waals surface area contributed by atoms with Crippen molar-refractivity contribution in [3.8, 4) is 0 Å². The summed E-state index contributed by atoms with van der Waals surface area (Å²) >= 11 is 1.44. The van der Waals surface area contributed by atoms with Crippen molar-refractivity contribution in [1.29, 1.82) is 0 Å². The first-order chi connectivity index (χ1) is 4.81. The molecule has 0 unspecified atom stereocenters. The lowest BCUT2D eigenvalue weighted by atomic mass is 10.2. The molecule has 0 aliphatic heterocycles. The topological polar surface area (TPSA) is 17.1 Å². The highest BCUT2D eigenvalue weighted by Gasteiger charge is 1.98. The molecule has 0 radical (unpaired) electrons. The molecule has 1 nitrogen and oxygen atoms in total. The van der Waals surface area contributed by atoms with Crippen LogP contribution in [0.4, 0.5) is 0 Å². The van der Waals surface area contributed by atoms with Crippen molar-refractivity contribution in [2.24, 2.45) is 0 Å². The van der Waals surface area contributed by atoms with E-state index in [1.165, 1.54) is 24.6 Å². The summed E-state index contributed by atoms with van der Waals surface area (Å²) in [5.41, 5.74) is 0. The Kier molecular flexibility index (Phi) is 7.15. The fourth-order valence-corrected chi connectivity index (χ4v) is 1.36. The average molecular weight is 160 g/mol. The number of carbonyl (C=O) groups is 1. The van der Waals surface area contributed by atoms with E-state index >= 15 is 0 Å². The molecule has 0 rings (SSSR count). The first kappa shape index (κ1) is 10.0. The van der Waals surface area contributed by atoms with Crippen LogP contribution in [0.1, 0.15) is 39.5 Å². The number of thioether (sulfide) groups is 1. The minimum atomic E-state index is 0.357. The smallest absolute Gasteiger partial charge is 0.188 e. The summed E-state index contributed by atoms with van der Waals surface area (Å²) in [6.45, 7) is 4.17. The Morgan fingerprint density at radius 3 is 2.50 bits per heavy atom. The van der Waals surface area contributed by atoms with Crippen molar-refractivity contribution < 1.29 is 4.79 Å². The zero-order valence-electron chi connectivity index (χ0n) is 6.85. The van der Waals surface area contributed by atoms with Gasteiger partial charge in [0.15, 0.2) is 5.12 Å². The molecular weight excluding hydrogens is 144 g/mol. The van der Waals surface area contributed by atoms with Crippen LogP contribution < -0.4 is 0 Å². The highest BCUT2D eigenvalue weighted by atomic mass is 32.2. The van der Waals surface area contributed by atoms with Gasteiger partial charge in [0.25, 0.3) is 0 Å². The summed E-state index contributed by atoms with van der Waals surface area (Å²) in [4.78, 5) is 10.9. The van der Waals surface area contributed by atoms with Gasteiger partial charge >= 0.3 is 0 Å². The molecule has 0 N–H and O–H groups in total. The standard InChI is InChI=1S/C8H16OS/c1-3-5-6-7-8(9)10-4-2/h3-7H2,1-2H3. The van der Waals surface area contributed by atoms with E-state index < -0.39 is 0 Å². The molecule has 0 atom stereocenters. The Morgan fingerprint density at radius 2 is 2.00 bits per heavy atom. The van der Waals surface area contributed by atoms with Gasteiger partial charge in [-0.25, -0.2) is 0 Å². The zero-order valence-corrected chi connectivity index (χ0v) is 7.67. The van der Waals surface area contributed by atoms with E-state index in [1.54, 1.807) is 0 Å². The van der Waals surface area contributed by atoms with E-state index in [0.29, 0.717) is 5.12 Å². The lowest BCUT2D eigenvalue weighted by Gasteiger charge is -1.95. The van der Waals surface area contributed by atoms with Gasteiger partial charge in [0.2, 0.25) is 0 Å². The second-order valence-corrected chi connectivity index (χ2v) is 3.58. The van der Waals surface area contributed by atoms with E-state index in [-0.39, 0.29) is 0 Å². The quantitative estimate of drug-likeness (QED) is 0.575. The van der Waals surface area contributed by atoms with Gasteiger partial charge in [0.05, 0.1) is 0 Å². The van der Waals surface area contributed by atoms with Gasteiger partial charge < -0.3 is 0 Å². The monoisotopic (exact) mass is 160 g/mol. The summed E-state index contributed by atoms with van der Waals surface area (Å²) in [5.74, 6) is 0.922. The predicted molar refractivity (Wildman–Crippen MR) is 47.3 cm³/mol. The SMILES string of the molecule is CCCCCC(=O)SCC. The van der Waals surface area contributed by atoms with E-state index in [4.69, 9.17) is 0 Å². The molecule has 10 heavy (non-hydrogen) atoms. The second-order valence-electron chi connectivity index (χ2n) is 2.26. The Bertz CT molecular complexity index is 91.3. The van der Waals surface area contributed by atoms with Gasteiger partial charge in [-0.15, -0.1) is 0 Å². The highest BCUT2D eigenvalue weighted by molar-refractivity contribution is 8.13. The lowest BCUT2D eigenvalue weighted by molar-refractivity contribution is -0.111. The summed E-state index contributed by atoms with van der Waals surface area (Å²) in [5, 5.41) is 0.357. The van der Waals surface area contributed by atoms with Crippen LogP contribution in [-0.2, 0) is 4.79 Å². The van der Waals surface area contributed by atoms with Crippen LogP contribution in [0.5, 0.6) is 0 Å². The molecule has 60 valence electrons.